The van der Waals surface area contributed by atoms with Crippen LogP contribution < -0.4 is 16.0 Å². The predicted molar refractivity (Wildman–Crippen MR) is 49.0 cm³/mol. The SMILES string of the molecule is COc1c(F)cc(CNN)cc1Cl. The van der Waals surface area contributed by atoms with Gasteiger partial charge in [0.2, 0.25) is 0 Å². The number of benzene rings is 1. The molecule has 0 saturated heterocycles. The molecule has 0 unspecified atom stereocenters. The van der Waals surface area contributed by atoms with Crippen molar-refractivity contribution < 1.29 is 9.13 Å². The second-order valence-electron chi connectivity index (χ2n) is 2.47. The number of hydrogen-bond donors (Lipinski definition) is 2. The highest BCUT2D eigenvalue weighted by molar-refractivity contribution is 6.32. The Morgan fingerprint density at radius 1 is 1.62 bits per heavy atom. The number of hydrazine groups is 1. The number of halogens is 2. The summed E-state index contributed by atoms with van der Waals surface area (Å²) in [6.07, 6.45) is 0. The predicted octanol–water partition coefficient (Wildman–Crippen LogP) is 1.45. The van der Waals surface area contributed by atoms with Gasteiger partial charge in [-0.2, -0.15) is 0 Å². The third kappa shape index (κ3) is 2.30. The maximum absolute atomic E-state index is 13.2. The van der Waals surface area contributed by atoms with Crippen molar-refractivity contribution in [2.45, 2.75) is 6.54 Å². The molecule has 0 bridgehead atoms. The van der Waals surface area contributed by atoms with Gasteiger partial charge in [0.25, 0.3) is 0 Å². The lowest BCUT2D eigenvalue weighted by Gasteiger charge is -2.06. The Labute approximate surface area is 80.6 Å². The standard InChI is InChI=1S/C8H10ClFN2O/c1-13-8-6(9)2-5(4-12-11)3-7(8)10/h2-3,12H,4,11H2,1H3. The van der Waals surface area contributed by atoms with Crippen LogP contribution in [0.2, 0.25) is 5.02 Å². The van der Waals surface area contributed by atoms with Gasteiger partial charge in [0.1, 0.15) is 0 Å². The zero-order valence-corrected chi connectivity index (χ0v) is 7.86. The van der Waals surface area contributed by atoms with Crippen LogP contribution >= 0.6 is 11.6 Å². The summed E-state index contributed by atoms with van der Waals surface area (Å²) in [6, 6.07) is 2.92. The Morgan fingerprint density at radius 2 is 2.31 bits per heavy atom. The molecule has 5 heteroatoms. The molecule has 1 rings (SSSR count). The molecule has 0 saturated carbocycles. The van der Waals surface area contributed by atoms with Crippen LogP contribution in [-0.4, -0.2) is 7.11 Å². The molecule has 1 aromatic rings. The normalized spacial score (nSPS) is 10.2. The molecular weight excluding hydrogens is 195 g/mol. The minimum absolute atomic E-state index is 0.0578. The monoisotopic (exact) mass is 204 g/mol. The maximum atomic E-state index is 13.2. The van der Waals surface area contributed by atoms with Crippen molar-refractivity contribution in [3.8, 4) is 5.75 Å². The van der Waals surface area contributed by atoms with E-state index in [0.29, 0.717) is 12.1 Å². The second-order valence-corrected chi connectivity index (χ2v) is 2.88. The molecule has 13 heavy (non-hydrogen) atoms. The van der Waals surface area contributed by atoms with Gasteiger partial charge in [0.15, 0.2) is 11.6 Å². The maximum Gasteiger partial charge on any atom is 0.173 e. The van der Waals surface area contributed by atoms with Crippen molar-refractivity contribution in [3.63, 3.8) is 0 Å². The molecule has 72 valence electrons. The summed E-state index contributed by atoms with van der Waals surface area (Å²) in [5.41, 5.74) is 3.08. The summed E-state index contributed by atoms with van der Waals surface area (Å²) in [5, 5.41) is 0.243. The van der Waals surface area contributed by atoms with Crippen LogP contribution in [0.4, 0.5) is 4.39 Å². The smallest absolute Gasteiger partial charge is 0.173 e. The summed E-state index contributed by atoms with van der Waals surface area (Å²) in [5.74, 6) is 4.66. The van der Waals surface area contributed by atoms with E-state index < -0.39 is 5.82 Å². The average Bonchev–Trinajstić information content (AvgIpc) is 2.04. The molecule has 3 N–H and O–H groups in total. The van der Waals surface area contributed by atoms with Crippen LogP contribution in [0.15, 0.2) is 12.1 Å². The molecule has 0 aliphatic rings. The van der Waals surface area contributed by atoms with Crippen molar-refractivity contribution in [2.75, 3.05) is 7.11 Å². The highest BCUT2D eigenvalue weighted by Crippen LogP contribution is 2.28. The fourth-order valence-corrected chi connectivity index (χ4v) is 1.33. The second kappa shape index (κ2) is 4.41. The number of rotatable bonds is 3. The van der Waals surface area contributed by atoms with E-state index in [4.69, 9.17) is 22.2 Å². The zero-order valence-electron chi connectivity index (χ0n) is 7.10. The molecule has 3 nitrogen and oxygen atoms in total. The molecule has 0 fully saturated rings. The van der Waals surface area contributed by atoms with E-state index in [2.05, 4.69) is 5.43 Å². The summed E-state index contributed by atoms with van der Waals surface area (Å²) in [4.78, 5) is 0. The third-order valence-electron chi connectivity index (χ3n) is 1.57. The molecule has 0 atom stereocenters. The van der Waals surface area contributed by atoms with E-state index in [9.17, 15) is 4.39 Å². The molecule has 0 aliphatic carbocycles. The highest BCUT2D eigenvalue weighted by Gasteiger charge is 2.09. The van der Waals surface area contributed by atoms with Gasteiger partial charge in [0.05, 0.1) is 12.1 Å². The number of ether oxygens (including phenoxy) is 1. The minimum atomic E-state index is -0.486. The van der Waals surface area contributed by atoms with E-state index in [-0.39, 0.29) is 10.8 Å². The van der Waals surface area contributed by atoms with Gasteiger partial charge >= 0.3 is 0 Å². The van der Waals surface area contributed by atoms with Gasteiger partial charge in [-0.05, 0) is 17.7 Å². The Balaban J connectivity index is 3.05. The van der Waals surface area contributed by atoms with Crippen molar-refractivity contribution in [1.82, 2.24) is 5.43 Å². The van der Waals surface area contributed by atoms with E-state index in [1.165, 1.54) is 13.2 Å². The Hall–Kier alpha value is -0.840. The van der Waals surface area contributed by atoms with E-state index in [1.54, 1.807) is 6.07 Å². The van der Waals surface area contributed by atoms with Gasteiger partial charge < -0.3 is 4.74 Å². The number of nitrogens with two attached hydrogens (primary N) is 1. The van der Waals surface area contributed by atoms with E-state index in [0.717, 1.165) is 0 Å². The number of methoxy groups -OCH3 is 1. The van der Waals surface area contributed by atoms with Crippen LogP contribution in [0.5, 0.6) is 5.75 Å². The van der Waals surface area contributed by atoms with Crippen LogP contribution in [-0.2, 0) is 6.54 Å². The summed E-state index contributed by atoms with van der Waals surface area (Å²) >= 11 is 5.74. The zero-order chi connectivity index (χ0) is 9.84. The van der Waals surface area contributed by atoms with E-state index >= 15 is 0 Å². The fraction of sp³-hybridized carbons (Fsp3) is 0.250. The highest BCUT2D eigenvalue weighted by atomic mass is 35.5. The Morgan fingerprint density at radius 3 is 2.77 bits per heavy atom. The topological polar surface area (TPSA) is 47.3 Å². The number of hydrogen-bond acceptors (Lipinski definition) is 3. The lowest BCUT2D eigenvalue weighted by atomic mass is 10.2. The first-order chi connectivity index (χ1) is 6.19. The summed E-state index contributed by atoms with van der Waals surface area (Å²) in [7, 11) is 1.37. The quantitative estimate of drug-likeness (QED) is 0.579. The third-order valence-corrected chi connectivity index (χ3v) is 1.85. The fourth-order valence-electron chi connectivity index (χ4n) is 1.03. The largest absolute Gasteiger partial charge is 0.492 e. The molecular formula is C8H10ClFN2O. The molecule has 1 aromatic carbocycles. The van der Waals surface area contributed by atoms with Gasteiger partial charge in [-0.3, -0.25) is 11.3 Å². The summed E-state index contributed by atoms with van der Waals surface area (Å²) < 4.78 is 17.9. The van der Waals surface area contributed by atoms with Crippen LogP contribution in [0.25, 0.3) is 0 Å². The lowest BCUT2D eigenvalue weighted by molar-refractivity contribution is 0.386. The lowest BCUT2D eigenvalue weighted by Crippen LogP contribution is -2.20. The van der Waals surface area contributed by atoms with Crippen LogP contribution in [0, 0.1) is 5.82 Å². The minimum Gasteiger partial charge on any atom is -0.492 e. The Bertz CT molecular complexity index is 283. The average molecular weight is 205 g/mol. The first-order valence-corrected chi connectivity index (χ1v) is 4.02. The molecule has 0 spiro atoms. The van der Waals surface area contributed by atoms with Crippen LogP contribution in [0.1, 0.15) is 5.56 Å². The molecule has 0 radical (unpaired) electrons. The van der Waals surface area contributed by atoms with Gasteiger partial charge in [-0.15, -0.1) is 0 Å². The molecule has 0 aliphatic heterocycles. The first-order valence-electron chi connectivity index (χ1n) is 3.64. The van der Waals surface area contributed by atoms with Gasteiger partial charge in [-0.25, -0.2) is 4.39 Å². The number of nitrogens with one attached hydrogen (secondary N) is 1. The van der Waals surface area contributed by atoms with Crippen molar-refractivity contribution in [3.05, 3.63) is 28.5 Å². The summed E-state index contributed by atoms with van der Waals surface area (Å²) in [6.45, 7) is 0.362. The van der Waals surface area contributed by atoms with Crippen LogP contribution in [0.3, 0.4) is 0 Å². The van der Waals surface area contributed by atoms with Crippen molar-refractivity contribution >= 4 is 11.6 Å². The molecule has 0 amide bonds. The van der Waals surface area contributed by atoms with Crippen molar-refractivity contribution in [1.29, 1.82) is 0 Å². The van der Waals surface area contributed by atoms with Gasteiger partial charge in [0, 0.05) is 6.54 Å². The van der Waals surface area contributed by atoms with Gasteiger partial charge in [-0.1, -0.05) is 11.6 Å². The first kappa shape index (κ1) is 10.2. The molecule has 0 aromatic heterocycles. The molecule has 0 heterocycles. The van der Waals surface area contributed by atoms with Crippen molar-refractivity contribution in [2.24, 2.45) is 5.84 Å². The Kier molecular flexibility index (Phi) is 3.48. The van der Waals surface area contributed by atoms with E-state index in [1.807, 2.05) is 0 Å².